The van der Waals surface area contributed by atoms with Gasteiger partial charge in [-0.2, -0.15) is 0 Å². The monoisotopic (exact) mass is 504 g/mol. The van der Waals surface area contributed by atoms with Crippen LogP contribution in [0.2, 0.25) is 0 Å². The van der Waals surface area contributed by atoms with E-state index in [1.165, 1.54) is 33.5 Å². The Labute approximate surface area is 211 Å². The van der Waals surface area contributed by atoms with Gasteiger partial charge in [-0.05, 0) is 31.1 Å². The second-order valence-corrected chi connectivity index (χ2v) is 9.15. The predicted molar refractivity (Wildman–Crippen MR) is 136 cm³/mol. The number of rotatable bonds is 12. The van der Waals surface area contributed by atoms with E-state index in [0.717, 1.165) is 13.5 Å². The van der Waals surface area contributed by atoms with Crippen LogP contribution in [0.15, 0.2) is 21.0 Å². The number of fused-ring (bicyclic) bond motifs is 1. The van der Waals surface area contributed by atoms with Gasteiger partial charge < -0.3 is 28.1 Å². The molecule has 0 saturated carbocycles. The standard InChI is InChI=1S/C27H36O9/c1-15(2)9-11-17-23-21(14-22(32-6)25(17)33-7)35-26(36-27(30)34-8)18(24(23)29)13-20(31-5)19(28)12-10-16(3)4/h13-16H,9-12H2,1-8H3/b20-13-. The molecule has 0 radical (unpaired) electrons. The third kappa shape index (κ3) is 6.80. The first-order valence-corrected chi connectivity index (χ1v) is 11.9. The van der Waals surface area contributed by atoms with E-state index >= 15 is 0 Å². The summed E-state index contributed by atoms with van der Waals surface area (Å²) in [5.74, 6) is 0.663. The zero-order chi connectivity index (χ0) is 27.0. The number of ether oxygens (including phenoxy) is 5. The zero-order valence-corrected chi connectivity index (χ0v) is 22.3. The molecular weight excluding hydrogens is 468 g/mol. The zero-order valence-electron chi connectivity index (χ0n) is 22.3. The summed E-state index contributed by atoms with van der Waals surface area (Å²) < 4.78 is 32.0. The summed E-state index contributed by atoms with van der Waals surface area (Å²) in [5, 5.41) is 0.238. The predicted octanol–water partition coefficient (Wildman–Crippen LogP) is 5.54. The highest BCUT2D eigenvalue weighted by atomic mass is 16.7. The number of carbonyl (C=O) groups is 2. The van der Waals surface area contributed by atoms with Crippen LogP contribution in [-0.4, -0.2) is 40.4 Å². The molecule has 2 aromatic rings. The SMILES string of the molecule is COC(=O)Oc1oc2cc(OC)c(OC)c(CCC(C)C)c2c(=O)c1/C=C(\OC)C(=O)CCC(C)C. The Balaban J connectivity index is 2.89. The van der Waals surface area contributed by atoms with Crippen molar-refractivity contribution in [3.05, 3.63) is 33.2 Å². The van der Waals surface area contributed by atoms with E-state index in [4.69, 9.17) is 23.4 Å². The first-order valence-electron chi connectivity index (χ1n) is 11.9. The number of allylic oxidation sites excluding steroid dienone is 1. The van der Waals surface area contributed by atoms with Crippen LogP contribution in [0.3, 0.4) is 0 Å². The fourth-order valence-corrected chi connectivity index (χ4v) is 3.67. The maximum Gasteiger partial charge on any atom is 0.516 e. The molecule has 0 aliphatic heterocycles. The van der Waals surface area contributed by atoms with Gasteiger partial charge in [0.2, 0.25) is 5.43 Å². The average molecular weight is 505 g/mol. The fraction of sp³-hybridized carbons (Fsp3) is 0.519. The molecule has 9 nitrogen and oxygen atoms in total. The number of aryl methyl sites for hydroxylation is 1. The highest BCUT2D eigenvalue weighted by Gasteiger charge is 2.25. The topological polar surface area (TPSA) is 111 Å². The van der Waals surface area contributed by atoms with Crippen molar-refractivity contribution in [3.8, 4) is 17.4 Å². The Morgan fingerprint density at radius 2 is 1.64 bits per heavy atom. The van der Waals surface area contributed by atoms with Gasteiger partial charge in [0.25, 0.3) is 0 Å². The molecule has 0 amide bonds. The molecule has 9 heteroatoms. The van der Waals surface area contributed by atoms with Crippen LogP contribution in [0.5, 0.6) is 17.4 Å². The van der Waals surface area contributed by atoms with Crippen molar-refractivity contribution in [2.24, 2.45) is 11.8 Å². The molecule has 0 fully saturated rings. The molecule has 0 saturated heterocycles. The minimum Gasteiger partial charge on any atom is -0.493 e. The highest BCUT2D eigenvalue weighted by Crippen LogP contribution is 2.39. The van der Waals surface area contributed by atoms with Crippen molar-refractivity contribution in [3.63, 3.8) is 0 Å². The van der Waals surface area contributed by atoms with Gasteiger partial charge in [-0.25, -0.2) is 4.79 Å². The molecule has 0 N–H and O–H groups in total. The Morgan fingerprint density at radius 1 is 0.972 bits per heavy atom. The summed E-state index contributed by atoms with van der Waals surface area (Å²) in [7, 11) is 5.44. The van der Waals surface area contributed by atoms with Crippen LogP contribution in [0.1, 0.15) is 58.1 Å². The molecule has 2 rings (SSSR count). The Kier molecular flexibility index (Phi) is 10.4. The van der Waals surface area contributed by atoms with E-state index in [2.05, 4.69) is 18.6 Å². The third-order valence-corrected chi connectivity index (χ3v) is 5.66. The Bertz CT molecular complexity index is 1170. The number of methoxy groups -OCH3 is 4. The van der Waals surface area contributed by atoms with E-state index < -0.39 is 17.5 Å². The first-order chi connectivity index (χ1) is 17.1. The van der Waals surface area contributed by atoms with Crippen molar-refractivity contribution in [2.45, 2.75) is 53.4 Å². The van der Waals surface area contributed by atoms with Crippen molar-refractivity contribution in [2.75, 3.05) is 28.4 Å². The average Bonchev–Trinajstić information content (AvgIpc) is 2.84. The molecule has 1 heterocycles. The molecular formula is C27H36O9. The van der Waals surface area contributed by atoms with Gasteiger partial charge in [-0.3, -0.25) is 9.59 Å². The van der Waals surface area contributed by atoms with Crippen LogP contribution in [0, 0.1) is 11.8 Å². The minimum absolute atomic E-state index is 0.0544. The van der Waals surface area contributed by atoms with Gasteiger partial charge in [0, 0.05) is 24.1 Å². The van der Waals surface area contributed by atoms with E-state index in [1.54, 1.807) is 0 Å². The molecule has 0 spiro atoms. The van der Waals surface area contributed by atoms with Crippen LogP contribution in [-0.2, 0) is 20.7 Å². The van der Waals surface area contributed by atoms with Crippen molar-refractivity contribution in [1.29, 1.82) is 0 Å². The van der Waals surface area contributed by atoms with Gasteiger partial charge in [0.05, 0.1) is 33.8 Å². The number of carbonyl (C=O) groups excluding carboxylic acids is 2. The molecule has 0 aliphatic rings. The van der Waals surface area contributed by atoms with Crippen molar-refractivity contribution in [1.82, 2.24) is 0 Å². The first kappa shape index (κ1) is 28.7. The summed E-state index contributed by atoms with van der Waals surface area (Å²) in [6.07, 6.45) is 2.31. The third-order valence-electron chi connectivity index (χ3n) is 5.66. The van der Waals surface area contributed by atoms with Crippen LogP contribution in [0.25, 0.3) is 17.0 Å². The summed E-state index contributed by atoms with van der Waals surface area (Å²) in [4.78, 5) is 38.6. The van der Waals surface area contributed by atoms with Gasteiger partial charge in [0.1, 0.15) is 11.1 Å². The van der Waals surface area contributed by atoms with E-state index in [-0.39, 0.29) is 34.5 Å². The second kappa shape index (κ2) is 13.0. The Morgan fingerprint density at radius 3 is 2.17 bits per heavy atom. The lowest BCUT2D eigenvalue weighted by molar-refractivity contribution is -0.118. The van der Waals surface area contributed by atoms with E-state index in [1.807, 2.05) is 13.8 Å². The largest absolute Gasteiger partial charge is 0.516 e. The van der Waals surface area contributed by atoms with E-state index in [0.29, 0.717) is 41.7 Å². The van der Waals surface area contributed by atoms with Gasteiger partial charge in [-0.15, -0.1) is 0 Å². The maximum absolute atomic E-state index is 13.9. The number of ketones is 1. The van der Waals surface area contributed by atoms with Crippen molar-refractivity contribution >= 4 is 29.0 Å². The minimum atomic E-state index is -1.09. The van der Waals surface area contributed by atoms with Crippen LogP contribution < -0.4 is 19.6 Å². The van der Waals surface area contributed by atoms with Gasteiger partial charge in [-0.1, -0.05) is 27.7 Å². The number of Topliss-reactive ketones (excluding diaryl/α,β-unsaturated/α-hetero) is 1. The highest BCUT2D eigenvalue weighted by molar-refractivity contribution is 5.98. The maximum atomic E-state index is 13.9. The van der Waals surface area contributed by atoms with Gasteiger partial charge >= 0.3 is 12.1 Å². The molecule has 198 valence electrons. The molecule has 1 aromatic heterocycles. The van der Waals surface area contributed by atoms with Crippen LogP contribution in [0.4, 0.5) is 4.79 Å². The number of hydrogen-bond acceptors (Lipinski definition) is 9. The Hall–Kier alpha value is -3.49. The van der Waals surface area contributed by atoms with Crippen LogP contribution >= 0.6 is 0 Å². The molecule has 36 heavy (non-hydrogen) atoms. The number of hydrogen-bond donors (Lipinski definition) is 0. The fourth-order valence-electron chi connectivity index (χ4n) is 3.67. The quantitative estimate of drug-likeness (QED) is 0.209. The molecule has 0 unspecified atom stereocenters. The van der Waals surface area contributed by atoms with E-state index in [9.17, 15) is 14.4 Å². The lowest BCUT2D eigenvalue weighted by Crippen LogP contribution is -2.16. The summed E-state index contributed by atoms with van der Waals surface area (Å²) in [6, 6.07) is 1.50. The second-order valence-electron chi connectivity index (χ2n) is 9.15. The molecule has 0 atom stereocenters. The summed E-state index contributed by atoms with van der Waals surface area (Å²) in [6.45, 7) is 8.15. The summed E-state index contributed by atoms with van der Waals surface area (Å²) >= 11 is 0. The molecule has 0 bridgehead atoms. The lowest BCUT2D eigenvalue weighted by Gasteiger charge is -2.17. The normalized spacial score (nSPS) is 11.7. The van der Waals surface area contributed by atoms with Crippen molar-refractivity contribution < 1.29 is 37.7 Å². The summed E-state index contributed by atoms with van der Waals surface area (Å²) in [5.41, 5.74) is 0.0676. The molecule has 0 aliphatic carbocycles. The lowest BCUT2D eigenvalue weighted by atomic mass is 9.96. The smallest absolute Gasteiger partial charge is 0.493 e. The number of benzene rings is 1. The molecule has 1 aromatic carbocycles. The van der Waals surface area contributed by atoms with Gasteiger partial charge in [0.15, 0.2) is 23.0 Å².